The molecule has 0 saturated carbocycles. The fraction of sp³-hybridized carbons (Fsp3) is 0.722. The van der Waals surface area contributed by atoms with E-state index in [1.165, 1.54) is 25.7 Å². The zero-order valence-electron chi connectivity index (χ0n) is 13.7. The average Bonchev–Trinajstić information content (AvgIpc) is 2.42. The highest BCUT2D eigenvalue weighted by atomic mass is 16.1. The van der Waals surface area contributed by atoms with Gasteiger partial charge >= 0.3 is 0 Å². The van der Waals surface area contributed by atoms with E-state index in [2.05, 4.69) is 25.7 Å². The number of hydrogen-bond acceptors (Lipinski definition) is 2. The molecule has 20 heavy (non-hydrogen) atoms. The number of unbranched alkanes of at least 4 members (excludes halogenated alkanes) is 1. The standard InChI is InChI=1S/C18H31NO/c1-6-8-9-15(7-2)12-19-17-10-16(13(3)4)11-18(20)14(17)5/h15-16,19H,3,6-12H2,1-2,4-5H3. The zero-order chi connectivity index (χ0) is 15.1. The van der Waals surface area contributed by atoms with Crippen LogP contribution < -0.4 is 5.32 Å². The number of ketones is 1. The van der Waals surface area contributed by atoms with Crippen LogP contribution >= 0.6 is 0 Å². The molecule has 0 radical (unpaired) electrons. The number of rotatable bonds is 8. The van der Waals surface area contributed by atoms with E-state index in [1.54, 1.807) is 0 Å². The molecular weight excluding hydrogens is 246 g/mol. The maximum atomic E-state index is 12.1. The molecule has 2 nitrogen and oxygen atoms in total. The summed E-state index contributed by atoms with van der Waals surface area (Å²) in [5.74, 6) is 1.33. The Morgan fingerprint density at radius 1 is 1.40 bits per heavy atom. The van der Waals surface area contributed by atoms with Crippen LogP contribution in [0.3, 0.4) is 0 Å². The minimum atomic E-state index is 0.286. The highest BCUT2D eigenvalue weighted by molar-refractivity contribution is 5.96. The van der Waals surface area contributed by atoms with Crippen molar-refractivity contribution in [2.75, 3.05) is 6.54 Å². The molecule has 0 aromatic rings. The Morgan fingerprint density at radius 3 is 2.65 bits per heavy atom. The lowest BCUT2D eigenvalue weighted by molar-refractivity contribution is -0.116. The van der Waals surface area contributed by atoms with Crippen LogP contribution in [0.25, 0.3) is 0 Å². The number of nitrogens with one attached hydrogen (secondary N) is 1. The normalized spacial score (nSPS) is 21.0. The lowest BCUT2D eigenvalue weighted by Gasteiger charge is -2.27. The molecule has 2 unspecified atom stereocenters. The number of carbonyl (C=O) groups is 1. The monoisotopic (exact) mass is 277 g/mol. The van der Waals surface area contributed by atoms with Gasteiger partial charge < -0.3 is 5.32 Å². The van der Waals surface area contributed by atoms with Crippen molar-refractivity contribution in [3.8, 4) is 0 Å². The Balaban J connectivity index is 2.61. The summed E-state index contributed by atoms with van der Waals surface area (Å²) in [5, 5.41) is 3.56. The van der Waals surface area contributed by atoms with Gasteiger partial charge in [0, 0.05) is 24.2 Å². The van der Waals surface area contributed by atoms with Gasteiger partial charge in [0.2, 0.25) is 0 Å². The van der Waals surface area contributed by atoms with Crippen LogP contribution in [-0.2, 0) is 4.79 Å². The van der Waals surface area contributed by atoms with E-state index < -0.39 is 0 Å². The van der Waals surface area contributed by atoms with Gasteiger partial charge in [-0.15, -0.1) is 0 Å². The summed E-state index contributed by atoms with van der Waals surface area (Å²) >= 11 is 0. The van der Waals surface area contributed by atoms with E-state index in [9.17, 15) is 4.79 Å². The predicted octanol–water partition coefficient (Wildman–Crippen LogP) is 4.62. The first-order valence-corrected chi connectivity index (χ1v) is 8.11. The largest absolute Gasteiger partial charge is 0.388 e. The summed E-state index contributed by atoms with van der Waals surface area (Å²) in [6.07, 6.45) is 6.64. The highest BCUT2D eigenvalue weighted by Crippen LogP contribution is 2.30. The smallest absolute Gasteiger partial charge is 0.160 e. The van der Waals surface area contributed by atoms with Crippen LogP contribution in [0.2, 0.25) is 0 Å². The van der Waals surface area contributed by atoms with Crippen molar-refractivity contribution in [2.24, 2.45) is 11.8 Å². The molecule has 2 atom stereocenters. The average molecular weight is 277 g/mol. The van der Waals surface area contributed by atoms with E-state index >= 15 is 0 Å². The van der Waals surface area contributed by atoms with Gasteiger partial charge in [0.1, 0.15) is 0 Å². The van der Waals surface area contributed by atoms with Crippen molar-refractivity contribution in [3.05, 3.63) is 23.4 Å². The third-order valence-electron chi connectivity index (χ3n) is 4.60. The predicted molar refractivity (Wildman–Crippen MR) is 86.6 cm³/mol. The van der Waals surface area contributed by atoms with E-state index in [0.717, 1.165) is 35.7 Å². The Hall–Kier alpha value is -1.05. The molecular formula is C18H31NO. The summed E-state index contributed by atoms with van der Waals surface area (Å²) < 4.78 is 0. The third kappa shape index (κ3) is 4.81. The first-order chi connectivity index (χ1) is 9.49. The molecule has 0 aromatic carbocycles. The molecule has 0 spiro atoms. The van der Waals surface area contributed by atoms with Gasteiger partial charge in [-0.2, -0.15) is 0 Å². The Kier molecular flexibility index (Phi) is 7.04. The van der Waals surface area contributed by atoms with Crippen molar-refractivity contribution in [1.82, 2.24) is 5.32 Å². The summed E-state index contributed by atoms with van der Waals surface area (Å²) in [6, 6.07) is 0. The van der Waals surface area contributed by atoms with Crippen molar-refractivity contribution in [3.63, 3.8) is 0 Å². The number of Topliss-reactive ketones (excluding diaryl/α,β-unsaturated/α-hetero) is 1. The van der Waals surface area contributed by atoms with Crippen LogP contribution in [0.15, 0.2) is 23.4 Å². The van der Waals surface area contributed by atoms with Crippen LogP contribution in [0.1, 0.15) is 66.2 Å². The van der Waals surface area contributed by atoms with E-state index in [4.69, 9.17) is 0 Å². The maximum absolute atomic E-state index is 12.1. The summed E-state index contributed by atoms with van der Waals surface area (Å²) in [7, 11) is 0. The van der Waals surface area contributed by atoms with E-state index in [1.807, 2.05) is 13.8 Å². The second-order valence-corrected chi connectivity index (χ2v) is 6.28. The van der Waals surface area contributed by atoms with Crippen molar-refractivity contribution >= 4 is 5.78 Å². The maximum Gasteiger partial charge on any atom is 0.160 e. The minimum Gasteiger partial charge on any atom is -0.388 e. The summed E-state index contributed by atoms with van der Waals surface area (Å²) in [5.41, 5.74) is 3.22. The van der Waals surface area contributed by atoms with Gasteiger partial charge in [-0.1, -0.05) is 45.3 Å². The SMILES string of the molecule is C=C(C)C1CC(=O)C(C)=C(NCC(CC)CCCC)C1. The fourth-order valence-corrected chi connectivity index (χ4v) is 2.78. The Morgan fingerprint density at radius 2 is 2.10 bits per heavy atom. The number of carbonyl (C=O) groups excluding carboxylic acids is 1. The molecule has 0 aliphatic heterocycles. The van der Waals surface area contributed by atoms with Crippen molar-refractivity contribution in [2.45, 2.75) is 66.2 Å². The molecule has 1 rings (SSSR count). The first-order valence-electron chi connectivity index (χ1n) is 8.11. The van der Waals surface area contributed by atoms with Crippen molar-refractivity contribution in [1.29, 1.82) is 0 Å². The lowest BCUT2D eigenvalue weighted by atomic mass is 9.83. The molecule has 2 heteroatoms. The first kappa shape index (κ1) is 17.0. The zero-order valence-corrected chi connectivity index (χ0v) is 13.7. The van der Waals surface area contributed by atoms with Gasteiger partial charge in [0.25, 0.3) is 0 Å². The molecule has 0 heterocycles. The number of allylic oxidation sites excluding steroid dienone is 3. The molecule has 0 aromatic heterocycles. The van der Waals surface area contributed by atoms with Gasteiger partial charge in [-0.25, -0.2) is 0 Å². The van der Waals surface area contributed by atoms with Crippen LogP contribution in [0.5, 0.6) is 0 Å². The summed E-state index contributed by atoms with van der Waals surface area (Å²) in [4.78, 5) is 12.1. The molecule has 1 N–H and O–H groups in total. The van der Waals surface area contributed by atoms with Gasteiger partial charge in [0.05, 0.1) is 0 Å². The Bertz CT molecular complexity index is 381. The second-order valence-electron chi connectivity index (χ2n) is 6.28. The highest BCUT2D eigenvalue weighted by Gasteiger charge is 2.25. The van der Waals surface area contributed by atoms with Gasteiger partial charge in [-0.3, -0.25) is 4.79 Å². The minimum absolute atomic E-state index is 0.286. The molecule has 0 fully saturated rings. The molecule has 1 aliphatic carbocycles. The molecule has 0 amide bonds. The molecule has 0 bridgehead atoms. The Labute approximate surface area is 124 Å². The second kappa shape index (κ2) is 8.28. The van der Waals surface area contributed by atoms with Crippen molar-refractivity contribution < 1.29 is 4.79 Å². The quantitative estimate of drug-likeness (QED) is 0.656. The summed E-state index contributed by atoms with van der Waals surface area (Å²) in [6.45, 7) is 13.5. The van der Waals surface area contributed by atoms with Gasteiger partial charge in [0.15, 0.2) is 5.78 Å². The number of hydrogen-bond donors (Lipinski definition) is 1. The lowest BCUT2D eigenvalue weighted by Crippen LogP contribution is -2.29. The van der Waals surface area contributed by atoms with Gasteiger partial charge in [-0.05, 0) is 38.5 Å². The third-order valence-corrected chi connectivity index (χ3v) is 4.60. The molecule has 0 saturated heterocycles. The molecule has 1 aliphatic rings. The fourth-order valence-electron chi connectivity index (χ4n) is 2.78. The van der Waals surface area contributed by atoms with Crippen LogP contribution in [-0.4, -0.2) is 12.3 Å². The van der Waals surface area contributed by atoms with Crippen LogP contribution in [0.4, 0.5) is 0 Å². The van der Waals surface area contributed by atoms with E-state index in [0.29, 0.717) is 12.3 Å². The molecule has 114 valence electrons. The topological polar surface area (TPSA) is 29.1 Å². The van der Waals surface area contributed by atoms with E-state index in [-0.39, 0.29) is 5.78 Å². The van der Waals surface area contributed by atoms with Crippen LogP contribution in [0, 0.1) is 11.8 Å².